The molecule has 0 aromatic rings. The Balaban J connectivity index is 4.29. The number of aliphatic hydroxyl groups is 1. The first-order chi connectivity index (χ1) is 10.5. The lowest BCUT2D eigenvalue weighted by molar-refractivity contribution is -0.115. The Labute approximate surface area is 147 Å². The van der Waals surface area contributed by atoms with Crippen molar-refractivity contribution in [3.05, 3.63) is 0 Å². The molecule has 0 aliphatic heterocycles. The Morgan fingerprint density at radius 3 is 2.48 bits per heavy atom. The van der Waals surface area contributed by atoms with E-state index >= 15 is 0 Å². The molecule has 0 aromatic heterocycles. The second-order valence-electron chi connectivity index (χ2n) is 7.09. The number of carbonyl (C=O) groups is 1. The Morgan fingerprint density at radius 1 is 1.35 bits per heavy atom. The van der Waals surface area contributed by atoms with Gasteiger partial charge in [-0.05, 0) is 29.3 Å². The highest BCUT2D eigenvalue weighted by molar-refractivity contribution is 7.85. The topological polar surface area (TPSA) is 58.6 Å². The lowest BCUT2D eigenvalue weighted by Crippen LogP contribution is -2.42. The lowest BCUT2D eigenvalue weighted by Gasteiger charge is -2.37. The second-order valence-corrected chi connectivity index (χ2v) is 12.1. The average Bonchev–Trinajstić information content (AvgIpc) is 2.43. The van der Waals surface area contributed by atoms with Crippen LogP contribution in [-0.2, 0) is 9.22 Å². The van der Waals surface area contributed by atoms with Crippen molar-refractivity contribution in [1.29, 1.82) is 0 Å². The van der Waals surface area contributed by atoms with Crippen molar-refractivity contribution in [3.63, 3.8) is 0 Å². The van der Waals surface area contributed by atoms with E-state index in [9.17, 15) is 9.90 Å². The molecule has 0 aliphatic rings. The monoisotopic (exact) mass is 355 g/mol. The zero-order chi connectivity index (χ0) is 18.1. The molecular weight excluding hydrogens is 326 g/mol. The van der Waals surface area contributed by atoms with Crippen LogP contribution in [0.3, 0.4) is 0 Å². The molecule has 0 fully saturated rings. The molecule has 0 aromatic carbocycles. The van der Waals surface area contributed by atoms with Crippen molar-refractivity contribution in [3.8, 4) is 23.0 Å². The van der Waals surface area contributed by atoms with Crippen LogP contribution in [0, 0.1) is 28.9 Å². The van der Waals surface area contributed by atoms with Crippen LogP contribution in [0.25, 0.3) is 0 Å². The van der Waals surface area contributed by atoms with Crippen molar-refractivity contribution in [2.75, 3.05) is 13.2 Å². The summed E-state index contributed by atoms with van der Waals surface area (Å²) in [5.74, 6) is 7.29. The molecule has 1 amide bonds. The maximum atomic E-state index is 11.4. The first kappa shape index (κ1) is 22.1. The fraction of sp³-hybridized carbons (Fsp3) is 0.706. The summed E-state index contributed by atoms with van der Waals surface area (Å²) < 4.78 is 6.10. The van der Waals surface area contributed by atoms with Gasteiger partial charge in [0, 0.05) is 18.9 Å². The molecule has 23 heavy (non-hydrogen) atoms. The van der Waals surface area contributed by atoms with Crippen LogP contribution in [0.15, 0.2) is 0 Å². The molecule has 6 heteroatoms. The van der Waals surface area contributed by atoms with Gasteiger partial charge in [0.05, 0.1) is 12.6 Å². The summed E-state index contributed by atoms with van der Waals surface area (Å²) in [6.45, 7) is 13.6. The first-order valence-corrected chi connectivity index (χ1v) is 11.1. The number of nitrogens with one attached hydrogen (secondary N) is 1. The molecule has 0 heterocycles. The van der Waals surface area contributed by atoms with Crippen LogP contribution in [-0.4, -0.2) is 38.6 Å². The van der Waals surface area contributed by atoms with E-state index < -0.39 is 20.3 Å². The van der Waals surface area contributed by atoms with Gasteiger partial charge in [-0.2, -0.15) is 0 Å². The number of aliphatic hydroxyl groups excluding tert-OH is 1. The van der Waals surface area contributed by atoms with Crippen molar-refractivity contribution in [2.45, 2.75) is 58.4 Å². The molecule has 130 valence electrons. The van der Waals surface area contributed by atoms with E-state index in [1.807, 2.05) is 6.92 Å². The third-order valence-corrected chi connectivity index (χ3v) is 8.76. The third kappa shape index (κ3) is 9.07. The van der Waals surface area contributed by atoms with Gasteiger partial charge in [-0.15, -0.1) is 0 Å². The number of rotatable bonds is 6. The largest absolute Gasteiger partial charge is 0.416 e. The fourth-order valence-corrected chi connectivity index (χ4v) is 2.50. The summed E-state index contributed by atoms with van der Waals surface area (Å²) in [7, 11) is -1.81. The summed E-state index contributed by atoms with van der Waals surface area (Å²) in [5.41, 5.74) is 0. The molecule has 0 saturated heterocycles. The van der Waals surface area contributed by atoms with Gasteiger partial charge in [0.25, 0.3) is 5.91 Å². The van der Waals surface area contributed by atoms with E-state index in [0.29, 0.717) is 6.61 Å². The predicted octanol–water partition coefficient (Wildman–Crippen LogP) is 2.41. The molecule has 2 atom stereocenters. The summed E-state index contributed by atoms with van der Waals surface area (Å²) in [5, 5.41) is 15.1. The van der Waals surface area contributed by atoms with Gasteiger partial charge in [-0.25, -0.2) is 0 Å². The van der Waals surface area contributed by atoms with Gasteiger partial charge in [0.15, 0.2) is 8.32 Å². The number of thiol groups is 1. The highest BCUT2D eigenvalue weighted by Crippen LogP contribution is 2.36. The van der Waals surface area contributed by atoms with Crippen LogP contribution < -0.4 is 5.32 Å². The Hall–Kier alpha value is -0.923. The van der Waals surface area contributed by atoms with Crippen LogP contribution in [0.4, 0.5) is 0 Å². The standard InChI is InChI=1S/C17H29NO3SSi/c1-14(13-21-23(5,6)17(2,3)4)15(19)9-7-10-16(20)18-11-8-12-22/h14-15,19,22H,9,11,13H2,1-6H3,(H,18,20)/t14-,15-/m0/s1. The maximum absolute atomic E-state index is 11.4. The number of carbonyl (C=O) groups excluding carboxylic acids is 1. The van der Waals surface area contributed by atoms with Crippen LogP contribution in [0.2, 0.25) is 18.1 Å². The zero-order valence-corrected chi connectivity index (χ0v) is 16.9. The van der Waals surface area contributed by atoms with Gasteiger partial charge in [-0.3, -0.25) is 4.79 Å². The van der Waals surface area contributed by atoms with Gasteiger partial charge >= 0.3 is 0 Å². The molecule has 0 aliphatic carbocycles. The van der Waals surface area contributed by atoms with E-state index in [1.54, 1.807) is 0 Å². The lowest BCUT2D eigenvalue weighted by atomic mass is 10.0. The van der Waals surface area contributed by atoms with Gasteiger partial charge in [0.2, 0.25) is 0 Å². The highest BCUT2D eigenvalue weighted by Gasteiger charge is 2.37. The second kappa shape index (κ2) is 10.0. The average molecular weight is 356 g/mol. The highest BCUT2D eigenvalue weighted by atomic mass is 32.1. The molecular formula is C17H29NO3SSi. The smallest absolute Gasteiger partial charge is 0.296 e. The minimum absolute atomic E-state index is 0.0310. The van der Waals surface area contributed by atoms with Gasteiger partial charge in [0.1, 0.15) is 0 Å². The summed E-state index contributed by atoms with van der Waals surface area (Å²) in [6.07, 6.45) is -0.370. The minimum atomic E-state index is -1.81. The first-order valence-electron chi connectivity index (χ1n) is 7.72. The van der Waals surface area contributed by atoms with Crippen molar-refractivity contribution in [2.24, 2.45) is 5.92 Å². The third-order valence-electron chi connectivity index (χ3n) is 4.10. The minimum Gasteiger partial charge on any atom is -0.416 e. The molecule has 0 spiro atoms. The van der Waals surface area contributed by atoms with Crippen LogP contribution >= 0.6 is 12.6 Å². The van der Waals surface area contributed by atoms with Crippen molar-refractivity contribution in [1.82, 2.24) is 5.32 Å². The summed E-state index contributed by atoms with van der Waals surface area (Å²) >= 11 is 3.71. The van der Waals surface area contributed by atoms with E-state index in [-0.39, 0.29) is 23.9 Å². The quantitative estimate of drug-likeness (QED) is 0.390. The molecule has 0 saturated carbocycles. The van der Waals surface area contributed by atoms with E-state index in [0.717, 1.165) is 0 Å². The van der Waals surface area contributed by atoms with E-state index in [4.69, 9.17) is 4.43 Å². The Morgan fingerprint density at radius 2 is 1.96 bits per heavy atom. The number of hydrogen-bond acceptors (Lipinski definition) is 4. The maximum Gasteiger partial charge on any atom is 0.296 e. The zero-order valence-electron chi connectivity index (χ0n) is 15.0. The molecule has 0 rings (SSSR count). The van der Waals surface area contributed by atoms with Gasteiger partial charge in [-0.1, -0.05) is 52.2 Å². The Bertz CT molecular complexity index is 506. The van der Waals surface area contributed by atoms with E-state index in [1.165, 1.54) is 0 Å². The fourth-order valence-electron chi connectivity index (χ4n) is 1.31. The molecule has 4 nitrogen and oxygen atoms in total. The summed E-state index contributed by atoms with van der Waals surface area (Å²) in [4.78, 5) is 11.4. The number of amides is 1. The molecule has 0 radical (unpaired) electrons. The SMILES string of the molecule is C[C@@H](CO[Si](C)(C)C(C)(C)C)[C@@H](O)CC#CC(=O)NCC#CS. The van der Waals surface area contributed by atoms with Gasteiger partial charge < -0.3 is 14.8 Å². The van der Waals surface area contributed by atoms with Crippen LogP contribution in [0.5, 0.6) is 0 Å². The molecule has 0 unspecified atom stereocenters. The van der Waals surface area contributed by atoms with E-state index in [2.05, 4.69) is 74.8 Å². The summed E-state index contributed by atoms with van der Waals surface area (Å²) in [6, 6.07) is 0. The predicted molar refractivity (Wildman–Crippen MR) is 100 cm³/mol. The Kier molecular flexibility index (Phi) is 9.65. The normalized spacial score (nSPS) is 13.9. The molecule has 2 N–H and O–H groups in total. The van der Waals surface area contributed by atoms with Crippen LogP contribution in [0.1, 0.15) is 34.1 Å². The number of hydrogen-bond donors (Lipinski definition) is 3. The van der Waals surface area contributed by atoms with Crippen molar-refractivity contribution < 1.29 is 14.3 Å². The van der Waals surface area contributed by atoms with Crippen molar-refractivity contribution >= 4 is 26.9 Å². The molecule has 0 bridgehead atoms.